The third-order valence-electron chi connectivity index (χ3n) is 6.53. The first-order chi connectivity index (χ1) is 17.4. The van der Waals surface area contributed by atoms with Crippen molar-refractivity contribution in [1.82, 2.24) is 19.8 Å². The first-order valence-electron chi connectivity index (χ1n) is 12.4. The number of para-hydroxylation sites is 1. The van der Waals surface area contributed by atoms with Gasteiger partial charge in [0.05, 0.1) is 18.8 Å². The minimum Gasteiger partial charge on any atom is -0.372 e. The number of fused-ring (bicyclic) bond motifs is 1. The van der Waals surface area contributed by atoms with E-state index >= 15 is 0 Å². The summed E-state index contributed by atoms with van der Waals surface area (Å²) >= 11 is 1.51. The number of morpholine rings is 1. The molecule has 0 radical (unpaired) electrons. The van der Waals surface area contributed by atoms with Crippen molar-refractivity contribution in [2.24, 2.45) is 0 Å². The Morgan fingerprint density at radius 2 is 1.89 bits per heavy atom. The maximum atomic E-state index is 13.5. The molecule has 2 aromatic heterocycles. The third-order valence-corrected chi connectivity index (χ3v) is 7.36. The first kappa shape index (κ1) is 24.6. The molecule has 36 heavy (non-hydrogen) atoms. The molecular weight excluding hydrogens is 475 g/mol. The molecule has 0 saturated carbocycles. The van der Waals surface area contributed by atoms with Crippen LogP contribution in [0.5, 0.6) is 0 Å². The number of hydrogen-bond acceptors (Lipinski definition) is 5. The van der Waals surface area contributed by atoms with Crippen molar-refractivity contribution in [2.75, 3.05) is 19.6 Å². The van der Waals surface area contributed by atoms with E-state index in [-0.39, 0.29) is 23.9 Å². The zero-order valence-corrected chi connectivity index (χ0v) is 21.4. The van der Waals surface area contributed by atoms with E-state index in [1.807, 2.05) is 42.3 Å². The Labute approximate surface area is 214 Å². The Morgan fingerprint density at radius 3 is 2.67 bits per heavy atom. The highest BCUT2D eigenvalue weighted by atomic mass is 32.1. The number of nitrogens with zero attached hydrogens (tertiary/aromatic N) is 3. The van der Waals surface area contributed by atoms with Crippen LogP contribution in [-0.4, -0.2) is 57.5 Å². The number of ether oxygens (including phenoxy) is 1. The van der Waals surface area contributed by atoms with Gasteiger partial charge in [0.15, 0.2) is 0 Å². The van der Waals surface area contributed by atoms with Gasteiger partial charge in [0.2, 0.25) is 0 Å². The Bertz CT molecular complexity index is 1310. The average molecular weight is 507 g/mol. The standard InChI is InChI=1S/C28H31FN4O2S/c1-19-14-33(15-20(2)35-19)28(34)26-18-36-27(31-26)17-32(16-21-7-9-23(29)10-8-21)12-11-22-13-30-25-6-4-3-5-24(22)25/h3-10,13,18-20,30H,11-12,14-17H2,1-2H3. The summed E-state index contributed by atoms with van der Waals surface area (Å²) in [6, 6.07) is 15.0. The molecule has 4 aromatic rings. The van der Waals surface area contributed by atoms with Crippen LogP contribution >= 0.6 is 11.3 Å². The van der Waals surface area contributed by atoms with Crippen molar-refractivity contribution >= 4 is 28.1 Å². The number of H-pyrrole nitrogens is 1. The molecule has 3 heterocycles. The van der Waals surface area contributed by atoms with E-state index in [4.69, 9.17) is 9.72 Å². The van der Waals surface area contributed by atoms with Crippen LogP contribution in [0.15, 0.2) is 60.1 Å². The number of nitrogens with one attached hydrogen (secondary N) is 1. The molecule has 0 spiro atoms. The van der Waals surface area contributed by atoms with E-state index in [9.17, 15) is 9.18 Å². The highest BCUT2D eigenvalue weighted by Gasteiger charge is 2.28. The summed E-state index contributed by atoms with van der Waals surface area (Å²) in [5.74, 6) is -0.276. The second-order valence-corrected chi connectivity index (χ2v) is 10.5. The number of aromatic amines is 1. The smallest absolute Gasteiger partial charge is 0.273 e. The lowest BCUT2D eigenvalue weighted by Crippen LogP contribution is -2.48. The van der Waals surface area contributed by atoms with Crippen LogP contribution in [0.2, 0.25) is 0 Å². The summed E-state index contributed by atoms with van der Waals surface area (Å²) in [5, 5.41) is 3.99. The predicted octanol–water partition coefficient (Wildman–Crippen LogP) is 5.26. The number of halogens is 1. The molecule has 1 aliphatic rings. The van der Waals surface area contributed by atoms with Crippen LogP contribution in [0.4, 0.5) is 4.39 Å². The summed E-state index contributed by atoms with van der Waals surface area (Å²) in [7, 11) is 0. The quantitative estimate of drug-likeness (QED) is 0.354. The molecule has 1 fully saturated rings. The fourth-order valence-corrected chi connectivity index (χ4v) is 5.67. The molecule has 1 aliphatic heterocycles. The molecule has 6 nitrogen and oxygen atoms in total. The Balaban J connectivity index is 1.30. The van der Waals surface area contributed by atoms with Crippen LogP contribution < -0.4 is 0 Å². The normalized spacial score (nSPS) is 18.3. The van der Waals surface area contributed by atoms with Crippen molar-refractivity contribution in [1.29, 1.82) is 0 Å². The van der Waals surface area contributed by atoms with Crippen molar-refractivity contribution in [3.8, 4) is 0 Å². The molecule has 0 bridgehead atoms. The number of hydrogen-bond donors (Lipinski definition) is 1. The molecule has 1 N–H and O–H groups in total. The molecule has 8 heteroatoms. The molecule has 1 saturated heterocycles. The number of thiazole rings is 1. The maximum Gasteiger partial charge on any atom is 0.273 e. The number of amides is 1. The van der Waals surface area contributed by atoms with Crippen molar-refractivity contribution < 1.29 is 13.9 Å². The van der Waals surface area contributed by atoms with Crippen LogP contribution in [0.1, 0.15) is 40.5 Å². The summed E-state index contributed by atoms with van der Waals surface area (Å²) < 4.78 is 19.2. The second kappa shape index (κ2) is 10.9. The minimum absolute atomic E-state index is 0.0199. The minimum atomic E-state index is -0.237. The number of aromatic nitrogens is 2. The topological polar surface area (TPSA) is 61.5 Å². The molecule has 1 amide bonds. The number of rotatable bonds is 8. The Kier molecular flexibility index (Phi) is 7.46. The lowest BCUT2D eigenvalue weighted by molar-refractivity contribution is -0.0587. The average Bonchev–Trinajstić information content (AvgIpc) is 3.50. The fraction of sp³-hybridized carbons (Fsp3) is 0.357. The van der Waals surface area contributed by atoms with Gasteiger partial charge in [-0.25, -0.2) is 9.37 Å². The van der Waals surface area contributed by atoms with Gasteiger partial charge in [-0.05, 0) is 49.6 Å². The maximum absolute atomic E-state index is 13.5. The van der Waals surface area contributed by atoms with Gasteiger partial charge in [-0.1, -0.05) is 30.3 Å². The highest BCUT2D eigenvalue weighted by Crippen LogP contribution is 2.21. The van der Waals surface area contributed by atoms with Gasteiger partial charge in [0, 0.05) is 48.7 Å². The van der Waals surface area contributed by atoms with E-state index in [2.05, 4.69) is 34.3 Å². The van der Waals surface area contributed by atoms with Crippen molar-refractivity contribution in [3.05, 3.63) is 87.8 Å². The highest BCUT2D eigenvalue weighted by molar-refractivity contribution is 7.09. The lowest BCUT2D eigenvalue weighted by atomic mass is 10.1. The summed E-state index contributed by atoms with van der Waals surface area (Å²) in [4.78, 5) is 25.3. The number of carbonyl (C=O) groups excluding carboxylic acids is 1. The van der Waals surface area contributed by atoms with Crippen molar-refractivity contribution in [2.45, 2.75) is 45.6 Å². The zero-order chi connectivity index (χ0) is 25.1. The van der Waals surface area contributed by atoms with Gasteiger partial charge < -0.3 is 14.6 Å². The van der Waals surface area contributed by atoms with Crippen molar-refractivity contribution in [3.63, 3.8) is 0 Å². The van der Waals surface area contributed by atoms with Gasteiger partial charge in [-0.3, -0.25) is 9.69 Å². The molecule has 2 atom stereocenters. The summed E-state index contributed by atoms with van der Waals surface area (Å²) in [5.41, 5.74) is 3.93. The van der Waals surface area contributed by atoms with E-state index in [0.29, 0.717) is 31.9 Å². The van der Waals surface area contributed by atoms with Gasteiger partial charge in [0.25, 0.3) is 5.91 Å². The van der Waals surface area contributed by atoms with Gasteiger partial charge >= 0.3 is 0 Å². The summed E-state index contributed by atoms with van der Waals surface area (Å²) in [6.07, 6.45) is 2.98. The van der Waals surface area contributed by atoms with Crippen LogP contribution in [-0.2, 0) is 24.2 Å². The Morgan fingerprint density at radius 1 is 1.14 bits per heavy atom. The molecular formula is C28H31FN4O2S. The molecule has 0 aliphatic carbocycles. The van der Waals surface area contributed by atoms with E-state index in [0.717, 1.165) is 29.1 Å². The van der Waals surface area contributed by atoms with Gasteiger partial charge in [-0.15, -0.1) is 11.3 Å². The third kappa shape index (κ3) is 5.83. The van der Waals surface area contributed by atoms with Crippen LogP contribution in [0.25, 0.3) is 10.9 Å². The van der Waals surface area contributed by atoms with Gasteiger partial charge in [-0.2, -0.15) is 0 Å². The molecule has 188 valence electrons. The van der Waals surface area contributed by atoms with Crippen LogP contribution in [0, 0.1) is 5.82 Å². The molecule has 5 rings (SSSR count). The molecule has 2 unspecified atom stereocenters. The predicted molar refractivity (Wildman–Crippen MR) is 141 cm³/mol. The SMILES string of the molecule is CC1CN(C(=O)c2csc(CN(CCc3c[nH]c4ccccc34)Cc3ccc(F)cc3)n2)CC(C)O1. The number of benzene rings is 2. The zero-order valence-electron chi connectivity index (χ0n) is 20.6. The van der Waals surface area contributed by atoms with Crippen LogP contribution in [0.3, 0.4) is 0 Å². The second-order valence-electron chi connectivity index (χ2n) is 9.54. The monoisotopic (exact) mass is 506 g/mol. The first-order valence-corrected chi connectivity index (χ1v) is 13.2. The Hall–Kier alpha value is -3.07. The van der Waals surface area contributed by atoms with E-state index in [1.165, 1.54) is 34.4 Å². The van der Waals surface area contributed by atoms with Gasteiger partial charge in [0.1, 0.15) is 16.5 Å². The lowest BCUT2D eigenvalue weighted by Gasteiger charge is -2.34. The van der Waals surface area contributed by atoms with E-state index in [1.54, 1.807) is 0 Å². The fourth-order valence-electron chi connectivity index (χ4n) is 4.86. The largest absolute Gasteiger partial charge is 0.372 e. The summed E-state index contributed by atoms with van der Waals surface area (Å²) in [6.45, 7) is 7.24. The number of carbonyl (C=O) groups is 1. The van der Waals surface area contributed by atoms with E-state index < -0.39 is 0 Å². The molecule has 2 aromatic carbocycles.